The number of carbonyl (C=O) groups excluding carboxylic acids is 1. The Kier molecular flexibility index (Phi) is 6.60. The van der Waals surface area contributed by atoms with Gasteiger partial charge in [-0.25, -0.2) is 0 Å². The van der Waals surface area contributed by atoms with Gasteiger partial charge in [0, 0.05) is 18.2 Å². The Labute approximate surface area is 178 Å². The van der Waals surface area contributed by atoms with Crippen molar-refractivity contribution in [2.45, 2.75) is 38.6 Å². The zero-order chi connectivity index (χ0) is 20.8. The van der Waals surface area contributed by atoms with Crippen LogP contribution in [0.3, 0.4) is 0 Å². The molecule has 3 aromatic rings. The summed E-state index contributed by atoms with van der Waals surface area (Å²) in [6, 6.07) is 20.2. The number of nitrogens with zero attached hydrogens (tertiary/aromatic N) is 2. The summed E-state index contributed by atoms with van der Waals surface area (Å²) in [6.07, 6.45) is 4.98. The fraction of sp³-hybridized carbons (Fsp3) is 0.360. The van der Waals surface area contributed by atoms with Crippen molar-refractivity contribution in [2.24, 2.45) is 0 Å². The highest BCUT2D eigenvalue weighted by atomic mass is 16.5. The summed E-state index contributed by atoms with van der Waals surface area (Å²) in [5, 5.41) is 7.07. The number of nitrogens with one attached hydrogen (secondary N) is 1. The Balaban J connectivity index is 1.47. The van der Waals surface area contributed by atoms with Gasteiger partial charge in [-0.15, -0.1) is 0 Å². The standard InChI is InChI=1S/C25H29N3O2/c1-19-11-13-20(14-12-19)23(28-15-7-2-3-8-16-28)18-26-25(29)22-17-24(30-27-22)21-9-5-4-6-10-21/h4-6,9-14,17,23H,2-3,7-8,15-16,18H2,1H3,(H,26,29)/t23-/m1/s1. The van der Waals surface area contributed by atoms with E-state index in [0.29, 0.717) is 18.0 Å². The highest BCUT2D eigenvalue weighted by molar-refractivity contribution is 5.93. The fourth-order valence-electron chi connectivity index (χ4n) is 4.05. The maximum absolute atomic E-state index is 12.8. The molecule has 1 amide bonds. The minimum absolute atomic E-state index is 0.160. The van der Waals surface area contributed by atoms with Crippen molar-refractivity contribution in [1.82, 2.24) is 15.4 Å². The number of hydrogen-bond donors (Lipinski definition) is 1. The fourth-order valence-corrected chi connectivity index (χ4v) is 4.05. The molecule has 5 nitrogen and oxygen atoms in total. The summed E-state index contributed by atoms with van der Waals surface area (Å²) in [4.78, 5) is 15.3. The monoisotopic (exact) mass is 403 g/mol. The molecule has 4 rings (SSSR count). The van der Waals surface area contributed by atoms with Crippen molar-refractivity contribution in [3.63, 3.8) is 0 Å². The van der Waals surface area contributed by atoms with E-state index >= 15 is 0 Å². The first-order valence-corrected chi connectivity index (χ1v) is 10.8. The second-order valence-corrected chi connectivity index (χ2v) is 8.03. The summed E-state index contributed by atoms with van der Waals surface area (Å²) in [5.41, 5.74) is 3.71. The number of likely N-dealkylation sites (tertiary alicyclic amines) is 1. The molecule has 2 aromatic carbocycles. The van der Waals surface area contributed by atoms with E-state index in [2.05, 4.69) is 46.6 Å². The predicted molar refractivity (Wildman–Crippen MR) is 118 cm³/mol. The van der Waals surface area contributed by atoms with Gasteiger partial charge in [0.05, 0.1) is 6.04 Å². The average Bonchev–Trinajstić information content (AvgIpc) is 3.13. The Morgan fingerprint density at radius 1 is 1.03 bits per heavy atom. The van der Waals surface area contributed by atoms with E-state index in [1.807, 2.05) is 30.3 Å². The quantitative estimate of drug-likeness (QED) is 0.629. The van der Waals surface area contributed by atoms with Crippen LogP contribution >= 0.6 is 0 Å². The largest absolute Gasteiger partial charge is 0.355 e. The normalized spacial score (nSPS) is 16.0. The molecule has 0 spiro atoms. The van der Waals surface area contributed by atoms with E-state index in [0.717, 1.165) is 18.7 Å². The molecule has 5 heteroatoms. The molecule has 1 aromatic heterocycles. The molecule has 2 heterocycles. The van der Waals surface area contributed by atoms with Crippen molar-refractivity contribution in [3.05, 3.63) is 77.5 Å². The lowest BCUT2D eigenvalue weighted by molar-refractivity contribution is 0.0924. The number of hydrogen-bond acceptors (Lipinski definition) is 4. The van der Waals surface area contributed by atoms with E-state index in [1.165, 1.54) is 36.8 Å². The Bertz CT molecular complexity index is 942. The van der Waals surface area contributed by atoms with Crippen LogP contribution in [0.15, 0.2) is 65.2 Å². The zero-order valence-corrected chi connectivity index (χ0v) is 17.5. The van der Waals surface area contributed by atoms with E-state index in [9.17, 15) is 4.79 Å². The van der Waals surface area contributed by atoms with Gasteiger partial charge in [-0.05, 0) is 38.4 Å². The van der Waals surface area contributed by atoms with Crippen LogP contribution < -0.4 is 5.32 Å². The van der Waals surface area contributed by atoms with E-state index in [1.54, 1.807) is 6.07 Å². The van der Waals surface area contributed by atoms with E-state index in [4.69, 9.17) is 4.52 Å². The maximum atomic E-state index is 12.8. The highest BCUT2D eigenvalue weighted by Crippen LogP contribution is 2.25. The molecule has 0 saturated carbocycles. The number of aromatic nitrogens is 1. The van der Waals surface area contributed by atoms with Crippen LogP contribution in [0.25, 0.3) is 11.3 Å². The third-order valence-electron chi connectivity index (χ3n) is 5.80. The van der Waals surface area contributed by atoms with E-state index in [-0.39, 0.29) is 11.9 Å². The van der Waals surface area contributed by atoms with Crippen LogP contribution in [0.1, 0.15) is 53.3 Å². The van der Waals surface area contributed by atoms with Crippen LogP contribution in [-0.2, 0) is 0 Å². The molecule has 156 valence electrons. The van der Waals surface area contributed by atoms with Gasteiger partial charge in [-0.3, -0.25) is 9.69 Å². The lowest BCUT2D eigenvalue weighted by Gasteiger charge is -2.31. The third kappa shape index (κ3) is 4.97. The Morgan fingerprint density at radius 2 is 1.73 bits per heavy atom. The summed E-state index contributed by atoms with van der Waals surface area (Å²) >= 11 is 0. The first-order valence-electron chi connectivity index (χ1n) is 10.8. The third-order valence-corrected chi connectivity index (χ3v) is 5.80. The Morgan fingerprint density at radius 3 is 2.43 bits per heavy atom. The molecule has 0 radical (unpaired) electrons. The number of benzene rings is 2. The van der Waals surface area contributed by atoms with Gasteiger partial charge in [0.1, 0.15) is 0 Å². The van der Waals surface area contributed by atoms with E-state index < -0.39 is 0 Å². The highest BCUT2D eigenvalue weighted by Gasteiger charge is 2.23. The second kappa shape index (κ2) is 9.72. The molecular formula is C25H29N3O2. The summed E-state index contributed by atoms with van der Waals surface area (Å²) in [5.74, 6) is 0.399. The molecule has 1 aliphatic rings. The summed E-state index contributed by atoms with van der Waals surface area (Å²) in [7, 11) is 0. The smallest absolute Gasteiger partial charge is 0.273 e. The van der Waals surface area contributed by atoms with Crippen molar-refractivity contribution in [1.29, 1.82) is 0 Å². The van der Waals surface area contributed by atoms with Gasteiger partial charge >= 0.3 is 0 Å². The summed E-state index contributed by atoms with van der Waals surface area (Å²) in [6.45, 7) is 4.78. The molecule has 30 heavy (non-hydrogen) atoms. The van der Waals surface area contributed by atoms with Crippen LogP contribution in [0.2, 0.25) is 0 Å². The van der Waals surface area contributed by atoms with Crippen molar-refractivity contribution in [2.75, 3.05) is 19.6 Å². The molecule has 1 fully saturated rings. The minimum atomic E-state index is -0.201. The van der Waals surface area contributed by atoms with Crippen LogP contribution in [0.4, 0.5) is 0 Å². The second-order valence-electron chi connectivity index (χ2n) is 8.03. The summed E-state index contributed by atoms with van der Waals surface area (Å²) < 4.78 is 5.39. The molecule has 1 N–H and O–H groups in total. The van der Waals surface area contributed by atoms with Gasteiger partial charge < -0.3 is 9.84 Å². The molecule has 1 atom stereocenters. The van der Waals surface area contributed by atoms with Gasteiger partial charge in [-0.2, -0.15) is 0 Å². The Hall–Kier alpha value is -2.92. The van der Waals surface area contributed by atoms with Gasteiger partial charge in [-0.1, -0.05) is 78.2 Å². The molecule has 1 saturated heterocycles. The zero-order valence-electron chi connectivity index (χ0n) is 17.5. The lowest BCUT2D eigenvalue weighted by atomic mass is 10.0. The molecule has 0 unspecified atom stereocenters. The molecular weight excluding hydrogens is 374 g/mol. The lowest BCUT2D eigenvalue weighted by Crippen LogP contribution is -2.38. The number of amides is 1. The molecule has 0 aliphatic carbocycles. The van der Waals surface area contributed by atoms with Crippen LogP contribution in [0, 0.1) is 6.92 Å². The van der Waals surface area contributed by atoms with Crippen LogP contribution in [-0.4, -0.2) is 35.6 Å². The number of rotatable bonds is 6. The van der Waals surface area contributed by atoms with Crippen molar-refractivity contribution >= 4 is 5.91 Å². The number of aryl methyl sites for hydroxylation is 1. The van der Waals surface area contributed by atoms with Gasteiger partial charge in [0.2, 0.25) is 0 Å². The van der Waals surface area contributed by atoms with Gasteiger partial charge in [0.25, 0.3) is 5.91 Å². The first-order chi connectivity index (χ1) is 14.7. The van der Waals surface area contributed by atoms with Gasteiger partial charge in [0.15, 0.2) is 11.5 Å². The predicted octanol–water partition coefficient (Wildman–Crippen LogP) is 5.00. The SMILES string of the molecule is Cc1ccc([C@@H](CNC(=O)c2cc(-c3ccccc3)on2)N2CCCCCC2)cc1. The van der Waals surface area contributed by atoms with Crippen molar-refractivity contribution in [3.8, 4) is 11.3 Å². The average molecular weight is 404 g/mol. The minimum Gasteiger partial charge on any atom is -0.355 e. The topological polar surface area (TPSA) is 58.4 Å². The number of carbonyl (C=O) groups is 1. The van der Waals surface area contributed by atoms with Crippen molar-refractivity contribution < 1.29 is 9.32 Å². The molecule has 0 bridgehead atoms. The first kappa shape index (κ1) is 20.4. The molecule has 1 aliphatic heterocycles. The van der Waals surface area contributed by atoms with Crippen LogP contribution in [0.5, 0.6) is 0 Å². The maximum Gasteiger partial charge on any atom is 0.273 e.